The Kier molecular flexibility index (Phi) is 4.75. The van der Waals surface area contributed by atoms with Crippen LogP contribution in [-0.2, 0) is 13.1 Å². The van der Waals surface area contributed by atoms with Crippen LogP contribution in [0.3, 0.4) is 0 Å². The molecule has 0 spiro atoms. The highest BCUT2D eigenvalue weighted by Crippen LogP contribution is 2.41. The van der Waals surface area contributed by atoms with Crippen LogP contribution in [0.25, 0.3) is 11.2 Å². The van der Waals surface area contributed by atoms with Gasteiger partial charge in [0.15, 0.2) is 17.0 Å². The van der Waals surface area contributed by atoms with Gasteiger partial charge in [-0.1, -0.05) is 30.7 Å². The van der Waals surface area contributed by atoms with Gasteiger partial charge in [0.05, 0.1) is 11.7 Å². The van der Waals surface area contributed by atoms with Gasteiger partial charge in [-0.3, -0.25) is 4.68 Å². The van der Waals surface area contributed by atoms with E-state index in [-0.39, 0.29) is 6.04 Å². The number of hydrogen-bond donors (Lipinski definition) is 0. The summed E-state index contributed by atoms with van der Waals surface area (Å²) in [5, 5.41) is 14.0. The average molecular weight is 389 g/mol. The summed E-state index contributed by atoms with van der Waals surface area (Å²) >= 11 is 6.76. The van der Waals surface area contributed by atoms with Crippen LogP contribution < -0.4 is 4.90 Å². The third kappa shape index (κ3) is 3.05. The highest BCUT2D eigenvalue weighted by atomic mass is 35.5. The molecule has 1 saturated heterocycles. The molecule has 0 aliphatic carbocycles. The summed E-state index contributed by atoms with van der Waals surface area (Å²) in [7, 11) is 0. The van der Waals surface area contributed by atoms with E-state index in [0.717, 1.165) is 65.9 Å². The van der Waals surface area contributed by atoms with Crippen LogP contribution in [0.2, 0.25) is 5.15 Å². The van der Waals surface area contributed by atoms with Gasteiger partial charge in [-0.2, -0.15) is 5.10 Å². The number of fused-ring (bicyclic) bond motifs is 1. The first-order valence-corrected chi connectivity index (χ1v) is 9.92. The number of halogens is 1. The minimum Gasteiger partial charge on any atom is -0.347 e. The minimum absolute atomic E-state index is 0.142. The second kappa shape index (κ2) is 7.07. The number of aryl methyl sites for hydroxylation is 2. The van der Waals surface area contributed by atoms with Gasteiger partial charge in [-0.15, -0.1) is 5.10 Å². The normalized spacial score (nSPS) is 17.6. The molecule has 0 aromatic carbocycles. The molecule has 27 heavy (non-hydrogen) atoms. The number of nitrogens with zero attached hydrogens (tertiary/aromatic N) is 8. The molecule has 0 bridgehead atoms. The van der Waals surface area contributed by atoms with Gasteiger partial charge in [0.25, 0.3) is 0 Å². The van der Waals surface area contributed by atoms with Gasteiger partial charge in [0, 0.05) is 25.2 Å². The van der Waals surface area contributed by atoms with Gasteiger partial charge in [-0.05, 0) is 32.6 Å². The predicted molar refractivity (Wildman–Crippen MR) is 105 cm³/mol. The van der Waals surface area contributed by atoms with E-state index in [4.69, 9.17) is 16.7 Å². The Morgan fingerprint density at radius 3 is 2.81 bits per heavy atom. The zero-order valence-corrected chi connectivity index (χ0v) is 17.0. The van der Waals surface area contributed by atoms with Crippen molar-refractivity contribution in [1.29, 1.82) is 0 Å². The minimum atomic E-state index is 0.142. The van der Waals surface area contributed by atoms with Crippen LogP contribution in [0, 0.1) is 12.8 Å². The first-order valence-electron chi connectivity index (χ1n) is 9.54. The second-order valence-corrected chi connectivity index (χ2v) is 7.85. The maximum Gasteiger partial charge on any atom is 0.183 e. The summed E-state index contributed by atoms with van der Waals surface area (Å²) < 4.78 is 3.72. The summed E-state index contributed by atoms with van der Waals surface area (Å²) in [5.74, 6) is 1.31. The zero-order chi connectivity index (χ0) is 19.1. The van der Waals surface area contributed by atoms with E-state index in [9.17, 15) is 0 Å². The Balaban J connectivity index is 1.76. The molecule has 0 saturated carbocycles. The molecule has 3 aromatic heterocycles. The molecular formula is C18H25ClN8. The summed E-state index contributed by atoms with van der Waals surface area (Å²) in [6.45, 7) is 10.9. The van der Waals surface area contributed by atoms with Crippen molar-refractivity contribution in [1.82, 2.24) is 34.7 Å². The van der Waals surface area contributed by atoms with Crippen LogP contribution in [0.1, 0.15) is 50.9 Å². The monoisotopic (exact) mass is 388 g/mol. The van der Waals surface area contributed by atoms with Gasteiger partial charge in [0.1, 0.15) is 11.5 Å². The Labute approximate surface area is 163 Å². The second-order valence-electron chi connectivity index (χ2n) is 7.49. The standard InChI is InChI=1S/C18H25ClN8/c1-5-26-18-15(22-24-26)17(20-10-21-18)25-8-6-7-13(25)14-12(4)23-27(16(14)19)9-11(2)3/h10-11,13H,5-9H2,1-4H3. The highest BCUT2D eigenvalue weighted by molar-refractivity contribution is 6.30. The molecule has 1 aliphatic heterocycles. The lowest BCUT2D eigenvalue weighted by Gasteiger charge is -2.25. The first kappa shape index (κ1) is 18.2. The first-order chi connectivity index (χ1) is 13.0. The number of aromatic nitrogens is 7. The Morgan fingerprint density at radius 2 is 2.07 bits per heavy atom. The molecule has 9 heteroatoms. The quantitative estimate of drug-likeness (QED) is 0.666. The van der Waals surface area contributed by atoms with Gasteiger partial charge < -0.3 is 4.90 Å². The van der Waals surface area contributed by atoms with Gasteiger partial charge >= 0.3 is 0 Å². The molecular weight excluding hydrogens is 364 g/mol. The maximum absolute atomic E-state index is 6.76. The molecule has 144 valence electrons. The van der Waals surface area contributed by atoms with Crippen molar-refractivity contribution in [2.75, 3.05) is 11.4 Å². The molecule has 1 unspecified atom stereocenters. The third-order valence-corrected chi connectivity index (χ3v) is 5.48. The fraction of sp³-hybridized carbons (Fsp3) is 0.611. The number of rotatable bonds is 5. The molecule has 1 fully saturated rings. The highest BCUT2D eigenvalue weighted by Gasteiger charge is 2.34. The van der Waals surface area contributed by atoms with Gasteiger partial charge in [-0.25, -0.2) is 14.6 Å². The molecule has 4 rings (SSSR count). The molecule has 0 radical (unpaired) electrons. The SMILES string of the molecule is CCn1nnc2c(N3CCCC3c3c(C)nn(CC(C)C)c3Cl)ncnc21. The molecule has 0 amide bonds. The van der Waals surface area contributed by atoms with E-state index in [2.05, 4.69) is 39.0 Å². The van der Waals surface area contributed by atoms with Crippen LogP contribution >= 0.6 is 11.6 Å². The van der Waals surface area contributed by atoms with Crippen molar-refractivity contribution in [3.05, 3.63) is 22.7 Å². The molecule has 0 N–H and O–H groups in total. The van der Waals surface area contributed by atoms with Crippen molar-refractivity contribution >= 4 is 28.6 Å². The van der Waals surface area contributed by atoms with Gasteiger partial charge in [0.2, 0.25) is 0 Å². The largest absolute Gasteiger partial charge is 0.347 e. The summed E-state index contributed by atoms with van der Waals surface area (Å²) in [6.07, 6.45) is 3.68. The molecule has 1 atom stereocenters. The Hall–Kier alpha value is -2.22. The number of hydrogen-bond acceptors (Lipinski definition) is 6. The van der Waals surface area contributed by atoms with Crippen LogP contribution in [0.4, 0.5) is 5.82 Å². The zero-order valence-electron chi connectivity index (χ0n) is 16.2. The number of anilines is 1. The lowest BCUT2D eigenvalue weighted by molar-refractivity contribution is 0.481. The smallest absolute Gasteiger partial charge is 0.183 e. The maximum atomic E-state index is 6.76. The fourth-order valence-electron chi connectivity index (χ4n) is 3.94. The van der Waals surface area contributed by atoms with Crippen molar-refractivity contribution < 1.29 is 0 Å². The molecule has 3 aromatic rings. The summed E-state index contributed by atoms with van der Waals surface area (Å²) in [6, 6.07) is 0.142. The van der Waals surface area contributed by atoms with E-state index in [1.165, 1.54) is 0 Å². The topological polar surface area (TPSA) is 77.5 Å². The molecule has 1 aliphatic rings. The van der Waals surface area contributed by atoms with E-state index < -0.39 is 0 Å². The van der Waals surface area contributed by atoms with E-state index >= 15 is 0 Å². The van der Waals surface area contributed by atoms with Crippen molar-refractivity contribution in [3.8, 4) is 0 Å². The summed E-state index contributed by atoms with van der Waals surface area (Å²) in [4.78, 5) is 11.2. The Bertz CT molecular complexity index is 960. The van der Waals surface area contributed by atoms with Crippen molar-refractivity contribution in [2.24, 2.45) is 5.92 Å². The van der Waals surface area contributed by atoms with Crippen molar-refractivity contribution in [2.45, 2.75) is 59.7 Å². The van der Waals surface area contributed by atoms with Crippen LogP contribution in [-0.4, -0.2) is 41.3 Å². The molecule has 4 heterocycles. The predicted octanol–water partition coefficient (Wildman–Crippen LogP) is 3.40. The van der Waals surface area contributed by atoms with Crippen LogP contribution in [0.5, 0.6) is 0 Å². The third-order valence-electron chi connectivity index (χ3n) is 5.09. The lowest BCUT2D eigenvalue weighted by Crippen LogP contribution is -2.24. The fourth-order valence-corrected chi connectivity index (χ4v) is 4.31. The average Bonchev–Trinajstić information content (AvgIpc) is 3.32. The molecule has 8 nitrogen and oxygen atoms in total. The van der Waals surface area contributed by atoms with E-state index in [1.54, 1.807) is 11.0 Å². The Morgan fingerprint density at radius 1 is 1.26 bits per heavy atom. The summed E-state index contributed by atoms with van der Waals surface area (Å²) in [5.41, 5.74) is 3.60. The van der Waals surface area contributed by atoms with Crippen molar-refractivity contribution in [3.63, 3.8) is 0 Å². The lowest BCUT2D eigenvalue weighted by atomic mass is 10.1. The van der Waals surface area contributed by atoms with Crippen LogP contribution in [0.15, 0.2) is 6.33 Å². The van der Waals surface area contributed by atoms with E-state index in [1.807, 2.05) is 18.5 Å². The van der Waals surface area contributed by atoms with E-state index in [0.29, 0.717) is 5.92 Å².